The molecule has 1 aliphatic rings. The van der Waals surface area contributed by atoms with Crippen LogP contribution in [0, 0.1) is 0 Å². The van der Waals surface area contributed by atoms with Gasteiger partial charge in [0.2, 0.25) is 0 Å². The van der Waals surface area contributed by atoms with Crippen LogP contribution in [0.3, 0.4) is 0 Å². The minimum atomic E-state index is -0.150. The number of carbonyl (C=O) groups excluding carboxylic acids is 1. The maximum Gasteiger partial charge on any atom is 0.307 e. The molecular formula is C10H19NO3. The number of nitrogens with one attached hydrogen (secondary N) is 1. The molecule has 0 spiro atoms. The third-order valence-electron chi connectivity index (χ3n) is 2.07. The van der Waals surface area contributed by atoms with Crippen molar-refractivity contribution in [3.8, 4) is 0 Å². The van der Waals surface area contributed by atoms with E-state index in [1.165, 1.54) is 12.8 Å². The van der Waals surface area contributed by atoms with Crippen molar-refractivity contribution < 1.29 is 14.3 Å². The molecule has 1 fully saturated rings. The number of methoxy groups -OCH3 is 1. The molecule has 0 saturated heterocycles. The first-order valence-electron chi connectivity index (χ1n) is 5.14. The lowest BCUT2D eigenvalue weighted by Gasteiger charge is -2.11. The van der Waals surface area contributed by atoms with Crippen molar-refractivity contribution in [2.24, 2.45) is 0 Å². The van der Waals surface area contributed by atoms with Gasteiger partial charge in [-0.15, -0.1) is 0 Å². The van der Waals surface area contributed by atoms with E-state index in [0.717, 1.165) is 6.54 Å². The van der Waals surface area contributed by atoms with Gasteiger partial charge in [-0.05, 0) is 19.8 Å². The van der Waals surface area contributed by atoms with Crippen molar-refractivity contribution >= 4 is 5.97 Å². The van der Waals surface area contributed by atoms with E-state index in [0.29, 0.717) is 19.1 Å². The maximum atomic E-state index is 11.2. The van der Waals surface area contributed by atoms with Crippen LogP contribution in [0.25, 0.3) is 0 Å². The Hall–Kier alpha value is -0.610. The van der Waals surface area contributed by atoms with E-state index < -0.39 is 0 Å². The molecule has 0 bridgehead atoms. The van der Waals surface area contributed by atoms with Crippen molar-refractivity contribution in [1.29, 1.82) is 0 Å². The second kappa shape index (κ2) is 5.98. The summed E-state index contributed by atoms with van der Waals surface area (Å²) in [6, 6.07) is 0.652. The first kappa shape index (κ1) is 11.5. The van der Waals surface area contributed by atoms with E-state index in [2.05, 4.69) is 5.32 Å². The topological polar surface area (TPSA) is 47.6 Å². The smallest absolute Gasteiger partial charge is 0.307 e. The Morgan fingerprint density at radius 2 is 2.29 bits per heavy atom. The van der Waals surface area contributed by atoms with E-state index in [4.69, 9.17) is 9.47 Å². The number of hydrogen-bond acceptors (Lipinski definition) is 4. The molecule has 4 nitrogen and oxygen atoms in total. The minimum absolute atomic E-state index is 0.145. The molecule has 4 heteroatoms. The SMILES string of the molecule is COCC(C)OC(=O)CCNC1CC1. The first-order valence-corrected chi connectivity index (χ1v) is 5.14. The van der Waals surface area contributed by atoms with Gasteiger partial charge < -0.3 is 14.8 Å². The van der Waals surface area contributed by atoms with Gasteiger partial charge in [-0.25, -0.2) is 0 Å². The minimum Gasteiger partial charge on any atom is -0.460 e. The summed E-state index contributed by atoms with van der Waals surface area (Å²) in [7, 11) is 1.60. The molecule has 1 rings (SSSR count). The third kappa shape index (κ3) is 5.19. The van der Waals surface area contributed by atoms with Gasteiger partial charge in [0.1, 0.15) is 6.10 Å². The zero-order valence-corrected chi connectivity index (χ0v) is 8.91. The summed E-state index contributed by atoms with van der Waals surface area (Å²) in [6.45, 7) is 3.01. The molecule has 0 heterocycles. The van der Waals surface area contributed by atoms with Crippen LogP contribution in [0.15, 0.2) is 0 Å². The molecule has 1 atom stereocenters. The molecular weight excluding hydrogens is 182 g/mol. The van der Waals surface area contributed by atoms with Gasteiger partial charge >= 0.3 is 5.97 Å². The Kier molecular flexibility index (Phi) is 4.90. The summed E-state index contributed by atoms with van der Waals surface area (Å²) in [4.78, 5) is 11.2. The van der Waals surface area contributed by atoms with Gasteiger partial charge in [0.25, 0.3) is 0 Å². The zero-order chi connectivity index (χ0) is 10.4. The highest BCUT2D eigenvalue weighted by Crippen LogP contribution is 2.18. The highest BCUT2D eigenvalue weighted by Gasteiger charge is 2.20. The number of rotatable bonds is 7. The molecule has 1 saturated carbocycles. The average molecular weight is 201 g/mol. The largest absolute Gasteiger partial charge is 0.460 e. The summed E-state index contributed by atoms with van der Waals surface area (Å²) in [5.41, 5.74) is 0. The molecule has 0 aromatic heterocycles. The maximum absolute atomic E-state index is 11.2. The fourth-order valence-corrected chi connectivity index (χ4v) is 1.22. The summed E-state index contributed by atoms with van der Waals surface area (Å²) >= 11 is 0. The fraction of sp³-hybridized carbons (Fsp3) is 0.900. The molecule has 0 aliphatic heterocycles. The van der Waals surface area contributed by atoms with Crippen molar-refractivity contribution in [2.75, 3.05) is 20.3 Å². The number of esters is 1. The molecule has 14 heavy (non-hydrogen) atoms. The van der Waals surface area contributed by atoms with Crippen LogP contribution >= 0.6 is 0 Å². The fourth-order valence-electron chi connectivity index (χ4n) is 1.22. The lowest BCUT2D eigenvalue weighted by Crippen LogP contribution is -2.24. The van der Waals surface area contributed by atoms with Crippen LogP contribution in [-0.4, -0.2) is 38.4 Å². The van der Waals surface area contributed by atoms with Gasteiger partial charge in [-0.2, -0.15) is 0 Å². The summed E-state index contributed by atoms with van der Waals surface area (Å²) in [5.74, 6) is -0.150. The van der Waals surface area contributed by atoms with Gasteiger partial charge in [-0.1, -0.05) is 0 Å². The monoisotopic (exact) mass is 201 g/mol. The van der Waals surface area contributed by atoms with Crippen molar-refractivity contribution in [3.05, 3.63) is 0 Å². The lowest BCUT2D eigenvalue weighted by atomic mass is 10.4. The normalized spacial score (nSPS) is 17.9. The highest BCUT2D eigenvalue weighted by atomic mass is 16.6. The first-order chi connectivity index (χ1) is 6.72. The Balaban J connectivity index is 1.96. The van der Waals surface area contributed by atoms with E-state index in [-0.39, 0.29) is 12.1 Å². The second-order valence-corrected chi connectivity index (χ2v) is 3.73. The highest BCUT2D eigenvalue weighted by molar-refractivity contribution is 5.69. The Morgan fingerprint density at radius 1 is 1.57 bits per heavy atom. The quantitative estimate of drug-likeness (QED) is 0.616. The predicted octanol–water partition coefficient (Wildman–Crippen LogP) is 0.707. The van der Waals surface area contributed by atoms with Crippen molar-refractivity contribution in [3.63, 3.8) is 0 Å². The van der Waals surface area contributed by atoms with E-state index in [9.17, 15) is 4.79 Å². The second-order valence-electron chi connectivity index (χ2n) is 3.73. The molecule has 0 amide bonds. The van der Waals surface area contributed by atoms with Crippen LogP contribution in [0.5, 0.6) is 0 Å². The van der Waals surface area contributed by atoms with Crippen LogP contribution < -0.4 is 5.32 Å². The number of hydrogen-bond donors (Lipinski definition) is 1. The molecule has 82 valence electrons. The van der Waals surface area contributed by atoms with Crippen molar-refractivity contribution in [1.82, 2.24) is 5.32 Å². The van der Waals surface area contributed by atoms with Gasteiger partial charge in [0.05, 0.1) is 13.0 Å². The van der Waals surface area contributed by atoms with Crippen LogP contribution in [0.2, 0.25) is 0 Å². The predicted molar refractivity (Wildman–Crippen MR) is 53.1 cm³/mol. The molecule has 1 aliphatic carbocycles. The number of carbonyl (C=O) groups is 1. The van der Waals surface area contributed by atoms with Crippen LogP contribution in [0.1, 0.15) is 26.2 Å². The molecule has 0 aromatic carbocycles. The van der Waals surface area contributed by atoms with Gasteiger partial charge in [0.15, 0.2) is 0 Å². The Morgan fingerprint density at radius 3 is 2.86 bits per heavy atom. The zero-order valence-electron chi connectivity index (χ0n) is 8.91. The average Bonchev–Trinajstić information content (AvgIpc) is 2.88. The van der Waals surface area contributed by atoms with E-state index in [1.54, 1.807) is 7.11 Å². The van der Waals surface area contributed by atoms with E-state index >= 15 is 0 Å². The third-order valence-corrected chi connectivity index (χ3v) is 2.07. The van der Waals surface area contributed by atoms with Crippen LogP contribution in [-0.2, 0) is 14.3 Å². The Bertz CT molecular complexity index is 180. The lowest BCUT2D eigenvalue weighted by molar-refractivity contribution is -0.150. The van der Waals surface area contributed by atoms with Crippen LogP contribution in [0.4, 0.5) is 0 Å². The van der Waals surface area contributed by atoms with Gasteiger partial charge in [-0.3, -0.25) is 4.79 Å². The van der Waals surface area contributed by atoms with Crippen molar-refractivity contribution in [2.45, 2.75) is 38.3 Å². The molecule has 1 N–H and O–H groups in total. The summed E-state index contributed by atoms with van der Waals surface area (Å²) < 4.78 is 9.95. The van der Waals surface area contributed by atoms with Gasteiger partial charge in [0, 0.05) is 19.7 Å². The molecule has 1 unspecified atom stereocenters. The Labute approximate surface area is 85.0 Å². The van der Waals surface area contributed by atoms with E-state index in [1.807, 2.05) is 6.92 Å². The summed E-state index contributed by atoms with van der Waals surface area (Å²) in [5, 5.41) is 3.26. The number of ether oxygens (including phenoxy) is 2. The molecule has 0 radical (unpaired) electrons. The molecule has 0 aromatic rings. The standard InChI is InChI=1S/C10H19NO3/c1-8(7-13-2)14-10(12)5-6-11-9-3-4-9/h8-9,11H,3-7H2,1-2H3. The summed E-state index contributed by atoms with van der Waals surface area (Å²) in [6.07, 6.45) is 2.79.